The van der Waals surface area contributed by atoms with Gasteiger partial charge in [-0.2, -0.15) is 0 Å². The van der Waals surface area contributed by atoms with Crippen LogP contribution >= 0.6 is 11.3 Å². The van der Waals surface area contributed by atoms with Gasteiger partial charge in [0.1, 0.15) is 0 Å². The molecule has 1 fully saturated rings. The largest absolute Gasteiger partial charge is 0.469 e. The molecule has 0 saturated heterocycles. The average Bonchev–Trinajstić information content (AvgIpc) is 3.12. The van der Waals surface area contributed by atoms with Crippen LogP contribution in [0.15, 0.2) is 5.38 Å². The number of methoxy groups -OCH3 is 1. The highest BCUT2D eigenvalue weighted by molar-refractivity contribution is 7.13. The van der Waals surface area contributed by atoms with E-state index >= 15 is 0 Å². The van der Waals surface area contributed by atoms with Crippen LogP contribution in [0.1, 0.15) is 50.6 Å². The van der Waals surface area contributed by atoms with E-state index < -0.39 is 0 Å². The molecule has 0 bridgehead atoms. The van der Waals surface area contributed by atoms with Crippen LogP contribution in [0.5, 0.6) is 0 Å². The molecule has 1 aromatic heterocycles. The Kier molecular flexibility index (Phi) is 6.30. The van der Waals surface area contributed by atoms with Gasteiger partial charge in [0, 0.05) is 18.3 Å². The molecule has 0 radical (unpaired) electrons. The summed E-state index contributed by atoms with van der Waals surface area (Å²) in [5, 5.41) is 6.37. The lowest BCUT2D eigenvalue weighted by Gasteiger charge is -2.08. The summed E-state index contributed by atoms with van der Waals surface area (Å²) >= 11 is 1.62. The molecule has 0 atom stereocenters. The summed E-state index contributed by atoms with van der Waals surface area (Å²) in [4.78, 5) is 15.6. The number of aromatic nitrogens is 1. The maximum atomic E-state index is 11.1. The standard InChI is InChI=1S/C15H24N2O2S/c1-19-14(18)9-8-13-11-20-15(17-13)16-10-4-7-12-5-2-3-6-12/h11-12H,2-10H2,1H3,(H,16,17). The highest BCUT2D eigenvalue weighted by Crippen LogP contribution is 2.28. The molecular formula is C15H24N2O2S. The number of hydrogen-bond acceptors (Lipinski definition) is 5. The maximum Gasteiger partial charge on any atom is 0.305 e. The van der Waals surface area contributed by atoms with Crippen LogP contribution in [-0.2, 0) is 16.0 Å². The first kappa shape index (κ1) is 15.3. The number of rotatable bonds is 8. The number of carbonyl (C=O) groups excluding carboxylic acids is 1. The summed E-state index contributed by atoms with van der Waals surface area (Å²) in [6.45, 7) is 1.00. The van der Waals surface area contributed by atoms with E-state index in [0.717, 1.165) is 23.3 Å². The fourth-order valence-corrected chi connectivity index (χ4v) is 3.49. The molecule has 1 saturated carbocycles. The van der Waals surface area contributed by atoms with E-state index in [1.807, 2.05) is 5.38 Å². The van der Waals surface area contributed by atoms with Gasteiger partial charge in [0.15, 0.2) is 5.13 Å². The molecule has 5 heteroatoms. The molecule has 112 valence electrons. The summed E-state index contributed by atoms with van der Waals surface area (Å²) < 4.78 is 4.63. The number of aryl methyl sites for hydroxylation is 1. The van der Waals surface area contributed by atoms with Crippen molar-refractivity contribution in [2.24, 2.45) is 5.92 Å². The van der Waals surface area contributed by atoms with Gasteiger partial charge in [0.25, 0.3) is 0 Å². The topological polar surface area (TPSA) is 51.2 Å². The van der Waals surface area contributed by atoms with Gasteiger partial charge in [0.2, 0.25) is 0 Å². The lowest BCUT2D eigenvalue weighted by Crippen LogP contribution is -2.04. The molecule has 1 aliphatic carbocycles. The van der Waals surface area contributed by atoms with Gasteiger partial charge in [-0.15, -0.1) is 11.3 Å². The summed E-state index contributed by atoms with van der Waals surface area (Å²) in [6, 6.07) is 0. The van der Waals surface area contributed by atoms with E-state index in [-0.39, 0.29) is 5.97 Å². The smallest absolute Gasteiger partial charge is 0.305 e. The minimum atomic E-state index is -0.177. The van der Waals surface area contributed by atoms with Crippen molar-refractivity contribution in [3.05, 3.63) is 11.1 Å². The number of nitrogens with one attached hydrogen (secondary N) is 1. The number of carbonyl (C=O) groups is 1. The first-order valence-corrected chi connectivity index (χ1v) is 8.41. The molecule has 1 N–H and O–H groups in total. The van der Waals surface area contributed by atoms with Crippen molar-refractivity contribution in [3.8, 4) is 0 Å². The van der Waals surface area contributed by atoms with Crippen LogP contribution in [0.2, 0.25) is 0 Å². The van der Waals surface area contributed by atoms with Crippen LogP contribution in [-0.4, -0.2) is 24.6 Å². The van der Waals surface area contributed by atoms with Gasteiger partial charge in [-0.05, 0) is 18.8 Å². The fraction of sp³-hybridized carbons (Fsp3) is 0.733. The number of anilines is 1. The number of thiazole rings is 1. The third kappa shape index (κ3) is 5.12. The zero-order valence-corrected chi connectivity index (χ0v) is 13.0. The predicted molar refractivity (Wildman–Crippen MR) is 82.1 cm³/mol. The number of hydrogen-bond donors (Lipinski definition) is 1. The molecule has 1 aliphatic rings. The lowest BCUT2D eigenvalue weighted by atomic mass is 10.0. The normalized spacial score (nSPS) is 15.4. The van der Waals surface area contributed by atoms with E-state index in [4.69, 9.17) is 0 Å². The lowest BCUT2D eigenvalue weighted by molar-refractivity contribution is -0.140. The predicted octanol–water partition coefficient (Wildman–Crippen LogP) is 3.63. The first-order valence-electron chi connectivity index (χ1n) is 7.53. The number of ether oxygens (including phenoxy) is 1. The summed E-state index contributed by atoms with van der Waals surface area (Å²) in [5.41, 5.74) is 0.971. The second kappa shape index (κ2) is 8.25. The highest BCUT2D eigenvalue weighted by Gasteiger charge is 2.14. The van der Waals surface area contributed by atoms with Crippen molar-refractivity contribution in [2.45, 2.75) is 51.4 Å². The molecule has 0 spiro atoms. The van der Waals surface area contributed by atoms with E-state index in [1.54, 1.807) is 11.3 Å². The fourth-order valence-electron chi connectivity index (χ4n) is 2.72. The minimum absolute atomic E-state index is 0.177. The third-order valence-corrected chi connectivity index (χ3v) is 4.75. The molecule has 20 heavy (non-hydrogen) atoms. The molecule has 0 aliphatic heterocycles. The monoisotopic (exact) mass is 296 g/mol. The van der Waals surface area contributed by atoms with Crippen LogP contribution < -0.4 is 5.32 Å². The Morgan fingerprint density at radius 1 is 1.50 bits per heavy atom. The van der Waals surface area contributed by atoms with Crippen molar-refractivity contribution < 1.29 is 9.53 Å². The Morgan fingerprint density at radius 2 is 2.30 bits per heavy atom. The Labute approximate surface area is 124 Å². The van der Waals surface area contributed by atoms with Gasteiger partial charge in [-0.3, -0.25) is 4.79 Å². The molecule has 0 amide bonds. The van der Waals surface area contributed by atoms with Crippen LogP contribution in [0.25, 0.3) is 0 Å². The number of nitrogens with zero attached hydrogens (tertiary/aromatic N) is 1. The second-order valence-electron chi connectivity index (χ2n) is 5.44. The number of esters is 1. The Bertz CT molecular complexity index is 414. The molecular weight excluding hydrogens is 272 g/mol. The Balaban J connectivity index is 1.61. The van der Waals surface area contributed by atoms with Crippen molar-refractivity contribution in [1.82, 2.24) is 4.98 Å². The zero-order chi connectivity index (χ0) is 14.2. The summed E-state index contributed by atoms with van der Waals surface area (Å²) in [6.07, 6.45) is 9.33. The molecule has 1 heterocycles. The quantitative estimate of drug-likeness (QED) is 0.588. The SMILES string of the molecule is COC(=O)CCc1csc(NCCCC2CCCC2)n1. The van der Waals surface area contributed by atoms with Gasteiger partial charge < -0.3 is 10.1 Å². The van der Waals surface area contributed by atoms with E-state index in [9.17, 15) is 4.79 Å². The highest BCUT2D eigenvalue weighted by atomic mass is 32.1. The third-order valence-electron chi connectivity index (χ3n) is 3.90. The molecule has 0 unspecified atom stereocenters. The van der Waals surface area contributed by atoms with Crippen LogP contribution in [0.4, 0.5) is 5.13 Å². The van der Waals surface area contributed by atoms with E-state index in [1.165, 1.54) is 45.6 Å². The maximum absolute atomic E-state index is 11.1. The van der Waals surface area contributed by atoms with Crippen LogP contribution in [0.3, 0.4) is 0 Å². The van der Waals surface area contributed by atoms with Gasteiger partial charge in [0.05, 0.1) is 19.2 Å². The van der Waals surface area contributed by atoms with Crippen molar-refractivity contribution in [2.75, 3.05) is 19.0 Å². The second-order valence-corrected chi connectivity index (χ2v) is 6.30. The minimum Gasteiger partial charge on any atom is -0.469 e. The molecule has 4 nitrogen and oxygen atoms in total. The van der Waals surface area contributed by atoms with Gasteiger partial charge in [-0.1, -0.05) is 25.7 Å². The van der Waals surface area contributed by atoms with Crippen LogP contribution in [0, 0.1) is 5.92 Å². The molecule has 1 aromatic rings. The van der Waals surface area contributed by atoms with Crippen molar-refractivity contribution in [3.63, 3.8) is 0 Å². The Morgan fingerprint density at radius 3 is 3.05 bits per heavy atom. The van der Waals surface area contributed by atoms with Crippen molar-refractivity contribution >= 4 is 22.4 Å². The molecule has 2 rings (SSSR count). The van der Waals surface area contributed by atoms with E-state index in [2.05, 4.69) is 15.0 Å². The first-order chi connectivity index (χ1) is 9.78. The van der Waals surface area contributed by atoms with Crippen molar-refractivity contribution in [1.29, 1.82) is 0 Å². The average molecular weight is 296 g/mol. The summed E-state index contributed by atoms with van der Waals surface area (Å²) in [5.74, 6) is 0.785. The van der Waals surface area contributed by atoms with Gasteiger partial charge in [-0.25, -0.2) is 4.98 Å². The van der Waals surface area contributed by atoms with Gasteiger partial charge >= 0.3 is 5.97 Å². The Hall–Kier alpha value is -1.10. The molecule has 0 aromatic carbocycles. The van der Waals surface area contributed by atoms with E-state index in [0.29, 0.717) is 12.8 Å². The zero-order valence-electron chi connectivity index (χ0n) is 12.2. The summed E-state index contributed by atoms with van der Waals surface area (Å²) in [7, 11) is 1.42.